The minimum Gasteiger partial charge on any atom is -0.358 e. The fourth-order valence-electron chi connectivity index (χ4n) is 1.60. The van der Waals surface area contributed by atoms with Crippen molar-refractivity contribution in [2.75, 3.05) is 18.1 Å². The zero-order chi connectivity index (χ0) is 7.68. The van der Waals surface area contributed by atoms with Crippen LogP contribution >= 0.6 is 0 Å². The van der Waals surface area contributed by atoms with Gasteiger partial charge < -0.3 is 10.6 Å². The Morgan fingerprint density at radius 2 is 2.18 bits per heavy atom. The van der Waals surface area contributed by atoms with Gasteiger partial charge in [-0.3, -0.25) is 0 Å². The van der Waals surface area contributed by atoms with Crippen molar-refractivity contribution >= 4 is 5.69 Å². The second-order valence-corrected chi connectivity index (χ2v) is 2.82. The van der Waals surface area contributed by atoms with Crippen molar-refractivity contribution in [3.05, 3.63) is 29.8 Å². The third-order valence-electron chi connectivity index (χ3n) is 2.20. The Bertz CT molecular complexity index is 257. The quantitative estimate of drug-likeness (QED) is 0.643. The van der Waals surface area contributed by atoms with Crippen LogP contribution in [0.15, 0.2) is 24.3 Å². The highest BCUT2D eigenvalue weighted by Gasteiger charge is 2.15. The summed E-state index contributed by atoms with van der Waals surface area (Å²) in [5.74, 6) is 0. The number of fused-ring (bicyclic) bond motifs is 1. The van der Waals surface area contributed by atoms with Gasteiger partial charge in [0.05, 0.1) is 6.67 Å². The summed E-state index contributed by atoms with van der Waals surface area (Å²) < 4.78 is 0. The molecule has 0 aromatic heterocycles. The average molecular weight is 148 g/mol. The van der Waals surface area contributed by atoms with E-state index in [-0.39, 0.29) is 0 Å². The minimum absolute atomic E-state index is 0.636. The monoisotopic (exact) mass is 148 g/mol. The van der Waals surface area contributed by atoms with Crippen LogP contribution in [0.1, 0.15) is 5.56 Å². The lowest BCUT2D eigenvalue weighted by molar-refractivity contribution is 0.847. The predicted octanol–water partition coefficient (Wildman–Crippen LogP) is 0.965. The van der Waals surface area contributed by atoms with Gasteiger partial charge in [0.25, 0.3) is 0 Å². The summed E-state index contributed by atoms with van der Waals surface area (Å²) in [6.45, 7) is 1.72. The first-order valence-corrected chi connectivity index (χ1v) is 3.95. The molecule has 1 aliphatic rings. The maximum atomic E-state index is 5.57. The van der Waals surface area contributed by atoms with Crippen LogP contribution in [0.2, 0.25) is 0 Å². The fourth-order valence-corrected chi connectivity index (χ4v) is 1.60. The van der Waals surface area contributed by atoms with Crippen molar-refractivity contribution in [2.24, 2.45) is 5.73 Å². The average Bonchev–Trinajstić information content (AvgIpc) is 2.47. The molecule has 58 valence electrons. The first-order valence-electron chi connectivity index (χ1n) is 3.95. The Morgan fingerprint density at radius 1 is 1.36 bits per heavy atom. The molecule has 1 aromatic carbocycles. The standard InChI is InChI=1S/C9H12N2/c10-7-11-6-5-8-3-1-2-4-9(8)11/h1-4H,5-7,10H2. The molecule has 0 saturated heterocycles. The van der Waals surface area contributed by atoms with Crippen molar-refractivity contribution in [1.82, 2.24) is 0 Å². The van der Waals surface area contributed by atoms with Crippen LogP contribution in [0.3, 0.4) is 0 Å². The Labute approximate surface area is 66.6 Å². The molecule has 0 saturated carbocycles. The molecule has 2 rings (SSSR count). The Hall–Kier alpha value is -1.02. The number of rotatable bonds is 1. The first kappa shape index (κ1) is 6.68. The zero-order valence-corrected chi connectivity index (χ0v) is 6.46. The highest BCUT2D eigenvalue weighted by atomic mass is 15.2. The van der Waals surface area contributed by atoms with Crippen molar-refractivity contribution in [3.63, 3.8) is 0 Å². The Balaban J connectivity index is 2.39. The van der Waals surface area contributed by atoms with Gasteiger partial charge in [-0.1, -0.05) is 18.2 Å². The SMILES string of the molecule is NCN1CCc2ccccc21. The molecule has 2 N–H and O–H groups in total. The number of para-hydroxylation sites is 1. The van der Waals surface area contributed by atoms with Crippen LogP contribution in [0.4, 0.5) is 5.69 Å². The normalized spacial score (nSPS) is 15.2. The number of benzene rings is 1. The molecule has 11 heavy (non-hydrogen) atoms. The maximum Gasteiger partial charge on any atom is 0.0657 e. The number of anilines is 1. The molecule has 0 amide bonds. The largest absolute Gasteiger partial charge is 0.358 e. The smallest absolute Gasteiger partial charge is 0.0657 e. The van der Waals surface area contributed by atoms with E-state index in [4.69, 9.17) is 5.73 Å². The molecule has 0 fully saturated rings. The molecule has 0 radical (unpaired) electrons. The highest BCUT2D eigenvalue weighted by Crippen LogP contribution is 2.25. The van der Waals surface area contributed by atoms with Gasteiger partial charge in [0, 0.05) is 12.2 Å². The topological polar surface area (TPSA) is 29.3 Å². The first-order chi connectivity index (χ1) is 5.42. The second kappa shape index (κ2) is 2.55. The summed E-state index contributed by atoms with van der Waals surface area (Å²) in [5, 5.41) is 0. The second-order valence-electron chi connectivity index (χ2n) is 2.82. The van der Waals surface area contributed by atoms with Crippen molar-refractivity contribution in [2.45, 2.75) is 6.42 Å². The summed E-state index contributed by atoms with van der Waals surface area (Å²) in [6, 6.07) is 8.45. The molecule has 1 aromatic rings. The van der Waals surface area contributed by atoms with Crippen LogP contribution in [-0.2, 0) is 6.42 Å². The van der Waals surface area contributed by atoms with E-state index in [9.17, 15) is 0 Å². The molecule has 0 aliphatic carbocycles. The molecular formula is C9H12N2. The molecule has 0 spiro atoms. The van der Waals surface area contributed by atoms with E-state index in [0.29, 0.717) is 6.67 Å². The lowest BCUT2D eigenvalue weighted by atomic mass is 10.2. The van der Waals surface area contributed by atoms with E-state index in [1.165, 1.54) is 11.3 Å². The summed E-state index contributed by atoms with van der Waals surface area (Å²) in [4.78, 5) is 2.20. The summed E-state index contributed by atoms with van der Waals surface area (Å²) >= 11 is 0. The molecule has 1 heterocycles. The zero-order valence-electron chi connectivity index (χ0n) is 6.46. The van der Waals surface area contributed by atoms with Gasteiger partial charge in [-0.25, -0.2) is 0 Å². The van der Waals surface area contributed by atoms with Crippen LogP contribution in [0.5, 0.6) is 0 Å². The van der Waals surface area contributed by atoms with Gasteiger partial charge in [0.2, 0.25) is 0 Å². The van der Waals surface area contributed by atoms with E-state index in [1.54, 1.807) is 0 Å². The molecule has 2 nitrogen and oxygen atoms in total. The predicted molar refractivity (Wildman–Crippen MR) is 46.5 cm³/mol. The summed E-state index contributed by atoms with van der Waals surface area (Å²) in [5.41, 5.74) is 8.32. The third-order valence-corrected chi connectivity index (χ3v) is 2.20. The van der Waals surface area contributed by atoms with Gasteiger partial charge >= 0.3 is 0 Å². The molecular weight excluding hydrogens is 136 g/mol. The van der Waals surface area contributed by atoms with Crippen LogP contribution in [0.25, 0.3) is 0 Å². The van der Waals surface area contributed by atoms with Gasteiger partial charge in [-0.2, -0.15) is 0 Å². The van der Waals surface area contributed by atoms with E-state index >= 15 is 0 Å². The minimum atomic E-state index is 0.636. The van der Waals surface area contributed by atoms with E-state index in [0.717, 1.165) is 13.0 Å². The Kier molecular flexibility index (Phi) is 1.55. The molecule has 0 unspecified atom stereocenters. The summed E-state index contributed by atoms with van der Waals surface area (Å²) in [6.07, 6.45) is 1.15. The van der Waals surface area contributed by atoms with Crippen molar-refractivity contribution in [3.8, 4) is 0 Å². The number of hydrogen-bond acceptors (Lipinski definition) is 2. The van der Waals surface area contributed by atoms with E-state index < -0.39 is 0 Å². The maximum absolute atomic E-state index is 5.57. The van der Waals surface area contributed by atoms with Crippen LogP contribution < -0.4 is 10.6 Å². The molecule has 2 heteroatoms. The number of nitrogens with two attached hydrogens (primary N) is 1. The van der Waals surface area contributed by atoms with Crippen molar-refractivity contribution < 1.29 is 0 Å². The number of hydrogen-bond donors (Lipinski definition) is 1. The van der Waals surface area contributed by atoms with Crippen molar-refractivity contribution in [1.29, 1.82) is 0 Å². The van der Waals surface area contributed by atoms with E-state index in [1.807, 2.05) is 0 Å². The third kappa shape index (κ3) is 0.994. The van der Waals surface area contributed by atoms with Gasteiger partial charge in [0.1, 0.15) is 0 Å². The molecule has 0 bridgehead atoms. The lowest BCUT2D eigenvalue weighted by Gasteiger charge is -2.15. The summed E-state index contributed by atoms with van der Waals surface area (Å²) in [7, 11) is 0. The van der Waals surface area contributed by atoms with E-state index in [2.05, 4.69) is 29.2 Å². The molecule has 0 atom stereocenters. The van der Waals surface area contributed by atoms with Crippen LogP contribution in [0, 0.1) is 0 Å². The van der Waals surface area contributed by atoms with Gasteiger partial charge in [0.15, 0.2) is 0 Å². The fraction of sp³-hybridized carbons (Fsp3) is 0.333. The van der Waals surface area contributed by atoms with Crippen LogP contribution in [-0.4, -0.2) is 13.2 Å². The Morgan fingerprint density at radius 3 is 3.00 bits per heavy atom. The number of nitrogens with zero attached hydrogens (tertiary/aromatic N) is 1. The highest BCUT2D eigenvalue weighted by molar-refractivity contribution is 5.57. The lowest BCUT2D eigenvalue weighted by Crippen LogP contribution is -2.27. The van der Waals surface area contributed by atoms with Gasteiger partial charge in [-0.15, -0.1) is 0 Å². The molecule has 1 aliphatic heterocycles. The van der Waals surface area contributed by atoms with Gasteiger partial charge in [-0.05, 0) is 18.1 Å².